The van der Waals surface area contributed by atoms with Crippen molar-refractivity contribution < 1.29 is 15.0 Å². The monoisotopic (exact) mass is 778 g/mol. The molecule has 0 aliphatic heterocycles. The van der Waals surface area contributed by atoms with Crippen molar-refractivity contribution in [2.75, 3.05) is 6.61 Å². The molecule has 0 radical (unpaired) electrons. The van der Waals surface area contributed by atoms with Crippen molar-refractivity contribution >= 4 is 5.91 Å². The molecule has 0 aliphatic carbocycles. The lowest BCUT2D eigenvalue weighted by molar-refractivity contribution is -0.123. The summed E-state index contributed by atoms with van der Waals surface area (Å²) in [5, 5.41) is 23.3. The molecule has 330 valence electrons. The second kappa shape index (κ2) is 47.8. The van der Waals surface area contributed by atoms with E-state index in [1.807, 2.05) is 0 Å². The first-order chi connectivity index (χ1) is 27.2. The van der Waals surface area contributed by atoms with Gasteiger partial charge in [0.25, 0.3) is 0 Å². The first-order valence-electron chi connectivity index (χ1n) is 25.7. The van der Waals surface area contributed by atoms with Crippen molar-refractivity contribution in [3.8, 4) is 0 Å². The molecule has 0 saturated carbocycles. The highest BCUT2D eigenvalue weighted by Gasteiger charge is 2.20. The number of aliphatic hydroxyl groups is 2. The van der Waals surface area contributed by atoms with Crippen molar-refractivity contribution in [2.45, 2.75) is 315 Å². The maximum absolute atomic E-state index is 12.5. The van der Waals surface area contributed by atoms with Crippen LogP contribution in [-0.2, 0) is 4.79 Å². The molecule has 0 aromatic heterocycles. The molecule has 3 N–H and O–H groups in total. The lowest BCUT2D eigenvalue weighted by Crippen LogP contribution is -2.45. The van der Waals surface area contributed by atoms with Gasteiger partial charge in [0.15, 0.2) is 0 Å². The Morgan fingerprint density at radius 1 is 0.364 bits per heavy atom. The topological polar surface area (TPSA) is 69.6 Å². The Balaban J connectivity index is 3.42. The molecule has 2 unspecified atom stereocenters. The van der Waals surface area contributed by atoms with E-state index in [1.54, 1.807) is 0 Å². The van der Waals surface area contributed by atoms with Crippen LogP contribution in [0, 0.1) is 0 Å². The average Bonchev–Trinajstić information content (AvgIpc) is 3.19. The van der Waals surface area contributed by atoms with Gasteiger partial charge in [-0.05, 0) is 12.8 Å². The number of carbonyl (C=O) groups excluding carboxylic acids is 1. The van der Waals surface area contributed by atoms with E-state index in [0.29, 0.717) is 12.8 Å². The van der Waals surface area contributed by atoms with Gasteiger partial charge in [-0.2, -0.15) is 0 Å². The van der Waals surface area contributed by atoms with E-state index in [9.17, 15) is 15.0 Å². The molecule has 2 atom stereocenters. The lowest BCUT2D eigenvalue weighted by Gasteiger charge is -2.22. The summed E-state index contributed by atoms with van der Waals surface area (Å²) in [5.74, 6) is -0.0232. The zero-order valence-corrected chi connectivity index (χ0v) is 38.0. The van der Waals surface area contributed by atoms with Gasteiger partial charge in [0, 0.05) is 6.42 Å². The number of hydrogen-bond acceptors (Lipinski definition) is 3. The van der Waals surface area contributed by atoms with E-state index in [0.717, 1.165) is 25.7 Å². The molecular formula is C51H103NO3. The normalized spacial score (nSPS) is 12.7. The highest BCUT2D eigenvalue weighted by Crippen LogP contribution is 2.18. The Morgan fingerprint density at radius 2 is 0.582 bits per heavy atom. The highest BCUT2D eigenvalue weighted by atomic mass is 16.3. The molecule has 55 heavy (non-hydrogen) atoms. The van der Waals surface area contributed by atoms with Gasteiger partial charge in [0.1, 0.15) is 0 Å². The molecule has 0 aromatic rings. The fourth-order valence-corrected chi connectivity index (χ4v) is 8.42. The van der Waals surface area contributed by atoms with Crippen LogP contribution in [-0.4, -0.2) is 34.9 Å². The Bertz CT molecular complexity index is 714. The maximum atomic E-state index is 12.5. The van der Waals surface area contributed by atoms with Gasteiger partial charge in [-0.1, -0.05) is 284 Å². The minimum Gasteiger partial charge on any atom is -0.394 e. The van der Waals surface area contributed by atoms with E-state index >= 15 is 0 Å². The van der Waals surface area contributed by atoms with Crippen LogP contribution >= 0.6 is 0 Å². The minimum absolute atomic E-state index is 0.0232. The van der Waals surface area contributed by atoms with Gasteiger partial charge < -0.3 is 15.5 Å². The van der Waals surface area contributed by atoms with Gasteiger partial charge in [0.05, 0.1) is 18.8 Å². The Kier molecular flexibility index (Phi) is 47.2. The molecule has 0 aliphatic rings. The van der Waals surface area contributed by atoms with E-state index in [4.69, 9.17) is 0 Å². The summed E-state index contributed by atoms with van der Waals surface area (Å²) in [6, 6.07) is -0.530. The molecule has 0 spiro atoms. The summed E-state index contributed by atoms with van der Waals surface area (Å²) in [6.45, 7) is 4.40. The molecule has 4 heteroatoms. The van der Waals surface area contributed by atoms with E-state index < -0.39 is 12.1 Å². The number of aliphatic hydroxyl groups excluding tert-OH is 2. The standard InChI is InChI=1S/C51H103NO3/c1-3-5-7-9-11-13-15-17-19-21-23-25-27-28-30-32-34-36-38-40-42-44-46-50(54)49(48-53)52-51(55)47-45-43-41-39-37-35-33-31-29-26-24-22-20-18-16-14-12-10-8-6-4-2/h49-50,53-54H,3-48H2,1-2H3,(H,52,55). The summed E-state index contributed by atoms with van der Waals surface area (Å²) in [6.07, 6.45) is 59.2. The van der Waals surface area contributed by atoms with Gasteiger partial charge in [-0.25, -0.2) is 0 Å². The Labute approximate surface area is 346 Å². The third-order valence-electron chi connectivity index (χ3n) is 12.4. The van der Waals surface area contributed by atoms with Gasteiger partial charge >= 0.3 is 0 Å². The van der Waals surface area contributed by atoms with Gasteiger partial charge in [-0.15, -0.1) is 0 Å². The largest absolute Gasteiger partial charge is 0.394 e. The SMILES string of the molecule is CCCCCCCCCCCCCCCCCCCCCCCCC(O)C(CO)NC(=O)CCCCCCCCCCCCCCCCCCCCCCC. The van der Waals surface area contributed by atoms with Crippen LogP contribution in [0.4, 0.5) is 0 Å². The first kappa shape index (κ1) is 54.4. The maximum Gasteiger partial charge on any atom is 0.220 e. The second-order valence-corrected chi connectivity index (χ2v) is 18.0. The molecule has 0 rings (SSSR count). The van der Waals surface area contributed by atoms with Crippen LogP contribution in [0.15, 0.2) is 0 Å². The average molecular weight is 778 g/mol. The number of hydrogen-bond donors (Lipinski definition) is 3. The van der Waals surface area contributed by atoms with Crippen molar-refractivity contribution in [3.05, 3.63) is 0 Å². The Hall–Kier alpha value is -0.610. The third-order valence-corrected chi connectivity index (χ3v) is 12.4. The molecule has 1 amide bonds. The molecule has 0 bridgehead atoms. The molecular weight excluding hydrogens is 675 g/mol. The predicted octanol–water partition coefficient (Wildman–Crippen LogP) is 16.4. The summed E-state index contributed by atoms with van der Waals surface area (Å²) in [5.41, 5.74) is 0. The number of unbranched alkanes of at least 4 members (excludes halogenated alkanes) is 41. The third kappa shape index (κ3) is 44.3. The quantitative estimate of drug-likeness (QED) is 0.0539. The molecule has 0 aromatic carbocycles. The van der Waals surface area contributed by atoms with Crippen molar-refractivity contribution in [1.29, 1.82) is 0 Å². The van der Waals surface area contributed by atoms with Crippen molar-refractivity contribution in [3.63, 3.8) is 0 Å². The molecule has 0 saturated heterocycles. The van der Waals surface area contributed by atoms with Crippen LogP contribution < -0.4 is 5.32 Å². The predicted molar refractivity (Wildman–Crippen MR) is 244 cm³/mol. The van der Waals surface area contributed by atoms with Crippen LogP contribution in [0.1, 0.15) is 303 Å². The summed E-state index contributed by atoms with van der Waals surface area (Å²) in [7, 11) is 0. The number of amides is 1. The molecule has 4 nitrogen and oxygen atoms in total. The zero-order valence-electron chi connectivity index (χ0n) is 38.0. The van der Waals surface area contributed by atoms with E-state index in [1.165, 1.54) is 250 Å². The number of carbonyl (C=O) groups is 1. The van der Waals surface area contributed by atoms with Crippen molar-refractivity contribution in [2.24, 2.45) is 0 Å². The van der Waals surface area contributed by atoms with E-state index in [2.05, 4.69) is 19.2 Å². The van der Waals surface area contributed by atoms with Gasteiger partial charge in [0.2, 0.25) is 5.91 Å². The van der Waals surface area contributed by atoms with Gasteiger partial charge in [-0.3, -0.25) is 4.79 Å². The first-order valence-corrected chi connectivity index (χ1v) is 25.7. The van der Waals surface area contributed by atoms with Crippen LogP contribution in [0.5, 0.6) is 0 Å². The van der Waals surface area contributed by atoms with E-state index in [-0.39, 0.29) is 12.5 Å². The second-order valence-electron chi connectivity index (χ2n) is 18.0. The van der Waals surface area contributed by atoms with Crippen LogP contribution in [0.25, 0.3) is 0 Å². The summed E-state index contributed by atoms with van der Waals surface area (Å²) < 4.78 is 0. The zero-order chi connectivity index (χ0) is 40.0. The number of nitrogens with one attached hydrogen (secondary N) is 1. The fourth-order valence-electron chi connectivity index (χ4n) is 8.42. The van der Waals surface area contributed by atoms with Crippen LogP contribution in [0.3, 0.4) is 0 Å². The summed E-state index contributed by atoms with van der Waals surface area (Å²) in [4.78, 5) is 12.5. The molecule has 0 fully saturated rings. The molecule has 0 heterocycles. The Morgan fingerprint density at radius 3 is 0.818 bits per heavy atom. The number of rotatable bonds is 48. The highest BCUT2D eigenvalue weighted by molar-refractivity contribution is 5.76. The fraction of sp³-hybridized carbons (Fsp3) is 0.980. The summed E-state index contributed by atoms with van der Waals surface area (Å²) >= 11 is 0. The van der Waals surface area contributed by atoms with Crippen molar-refractivity contribution in [1.82, 2.24) is 5.32 Å². The minimum atomic E-state index is -0.654. The van der Waals surface area contributed by atoms with Crippen LogP contribution in [0.2, 0.25) is 0 Å². The smallest absolute Gasteiger partial charge is 0.220 e. The lowest BCUT2D eigenvalue weighted by atomic mass is 10.0.